The first-order chi connectivity index (χ1) is 10.2. The lowest BCUT2D eigenvalue weighted by Gasteiger charge is -2.13. The summed E-state index contributed by atoms with van der Waals surface area (Å²) < 4.78 is 1.17. The summed E-state index contributed by atoms with van der Waals surface area (Å²) in [4.78, 5) is 13.8. The average molecular weight is 394 g/mol. The molecule has 4 nitrogen and oxygen atoms in total. The highest BCUT2D eigenvalue weighted by Crippen LogP contribution is 2.43. The van der Waals surface area contributed by atoms with E-state index >= 15 is 0 Å². The monoisotopic (exact) mass is 394 g/mol. The smallest absolute Gasteiger partial charge is 0.163 e. The first-order valence-electron chi connectivity index (χ1n) is 7.43. The van der Waals surface area contributed by atoms with Crippen molar-refractivity contribution in [1.29, 1.82) is 0 Å². The minimum atomic E-state index is 0.609. The van der Waals surface area contributed by atoms with Crippen molar-refractivity contribution < 1.29 is 0 Å². The van der Waals surface area contributed by atoms with E-state index in [4.69, 9.17) is 9.97 Å². The van der Waals surface area contributed by atoms with Gasteiger partial charge in [0.1, 0.15) is 5.82 Å². The Labute approximate surface area is 139 Å². The van der Waals surface area contributed by atoms with Crippen LogP contribution in [0.1, 0.15) is 43.4 Å². The number of rotatable bonds is 5. The molecule has 5 heteroatoms. The fourth-order valence-corrected chi connectivity index (χ4v) is 3.14. The third-order valence-corrected chi connectivity index (χ3v) is 4.73. The second-order valence-corrected chi connectivity index (χ2v) is 6.57. The SMILES string of the molecule is CCCNc1nc(-c2cnccc2C)nc(C2CC2)c1I. The van der Waals surface area contributed by atoms with Gasteiger partial charge in [-0.25, -0.2) is 9.97 Å². The van der Waals surface area contributed by atoms with E-state index in [1.165, 1.54) is 22.1 Å². The van der Waals surface area contributed by atoms with E-state index in [1.54, 1.807) is 0 Å². The molecular weight excluding hydrogens is 375 g/mol. The molecule has 1 aliphatic rings. The number of anilines is 1. The zero-order valence-electron chi connectivity index (χ0n) is 12.4. The van der Waals surface area contributed by atoms with Gasteiger partial charge in [-0.05, 0) is 60.4 Å². The minimum absolute atomic E-state index is 0.609. The van der Waals surface area contributed by atoms with Gasteiger partial charge in [0.2, 0.25) is 0 Å². The predicted octanol–water partition coefficient (Wildman–Crippen LogP) is 4.15. The Kier molecular flexibility index (Phi) is 4.37. The Morgan fingerprint density at radius 2 is 2.14 bits per heavy atom. The molecule has 2 aromatic heterocycles. The fourth-order valence-electron chi connectivity index (χ4n) is 2.27. The Bertz CT molecular complexity index is 653. The summed E-state index contributed by atoms with van der Waals surface area (Å²) in [6.07, 6.45) is 7.23. The van der Waals surface area contributed by atoms with Crippen LogP contribution in [0.2, 0.25) is 0 Å². The summed E-state index contributed by atoms with van der Waals surface area (Å²) in [5.74, 6) is 2.37. The van der Waals surface area contributed by atoms with Crippen LogP contribution in [0.5, 0.6) is 0 Å². The highest BCUT2D eigenvalue weighted by atomic mass is 127. The number of aromatic nitrogens is 3. The molecule has 0 saturated heterocycles. The second-order valence-electron chi connectivity index (χ2n) is 5.49. The zero-order chi connectivity index (χ0) is 14.8. The van der Waals surface area contributed by atoms with Crippen LogP contribution in [0.15, 0.2) is 18.5 Å². The van der Waals surface area contributed by atoms with Crippen molar-refractivity contribution in [2.45, 2.75) is 39.0 Å². The molecule has 3 rings (SSSR count). The molecular formula is C16H19IN4. The van der Waals surface area contributed by atoms with Crippen molar-refractivity contribution in [1.82, 2.24) is 15.0 Å². The van der Waals surface area contributed by atoms with E-state index in [1.807, 2.05) is 18.5 Å². The lowest BCUT2D eigenvalue weighted by atomic mass is 10.1. The highest BCUT2D eigenvalue weighted by molar-refractivity contribution is 14.1. The van der Waals surface area contributed by atoms with Gasteiger partial charge in [0, 0.05) is 30.4 Å². The van der Waals surface area contributed by atoms with Crippen LogP contribution in [0.25, 0.3) is 11.4 Å². The van der Waals surface area contributed by atoms with Crippen LogP contribution in [-0.2, 0) is 0 Å². The van der Waals surface area contributed by atoms with Crippen molar-refractivity contribution in [3.63, 3.8) is 0 Å². The molecule has 0 unspecified atom stereocenters. The molecule has 0 atom stereocenters. The molecule has 1 N–H and O–H groups in total. The van der Waals surface area contributed by atoms with E-state index in [0.717, 1.165) is 35.7 Å². The molecule has 0 amide bonds. The lowest BCUT2D eigenvalue weighted by Crippen LogP contribution is -2.09. The molecule has 21 heavy (non-hydrogen) atoms. The zero-order valence-corrected chi connectivity index (χ0v) is 14.5. The Hall–Kier alpha value is -1.24. The van der Waals surface area contributed by atoms with Crippen molar-refractivity contribution in [2.24, 2.45) is 0 Å². The molecule has 1 aliphatic carbocycles. The van der Waals surface area contributed by atoms with Crippen molar-refractivity contribution in [2.75, 3.05) is 11.9 Å². The number of nitrogens with zero attached hydrogens (tertiary/aromatic N) is 3. The van der Waals surface area contributed by atoms with Crippen LogP contribution in [0.4, 0.5) is 5.82 Å². The average Bonchev–Trinajstić information content (AvgIpc) is 3.31. The maximum absolute atomic E-state index is 4.84. The summed E-state index contributed by atoms with van der Waals surface area (Å²) in [5.41, 5.74) is 3.38. The number of hydrogen-bond donors (Lipinski definition) is 1. The fraction of sp³-hybridized carbons (Fsp3) is 0.438. The first kappa shape index (κ1) is 14.7. The highest BCUT2D eigenvalue weighted by Gasteiger charge is 2.29. The third kappa shape index (κ3) is 3.17. The van der Waals surface area contributed by atoms with Crippen LogP contribution in [0.3, 0.4) is 0 Å². The van der Waals surface area contributed by atoms with Gasteiger partial charge in [0.25, 0.3) is 0 Å². The van der Waals surface area contributed by atoms with Crippen LogP contribution >= 0.6 is 22.6 Å². The van der Waals surface area contributed by atoms with E-state index in [0.29, 0.717) is 5.92 Å². The van der Waals surface area contributed by atoms with Crippen LogP contribution in [-0.4, -0.2) is 21.5 Å². The van der Waals surface area contributed by atoms with Crippen LogP contribution in [0, 0.1) is 10.5 Å². The first-order valence-corrected chi connectivity index (χ1v) is 8.51. The van der Waals surface area contributed by atoms with Crippen molar-refractivity contribution in [3.8, 4) is 11.4 Å². The van der Waals surface area contributed by atoms with Gasteiger partial charge >= 0.3 is 0 Å². The summed E-state index contributed by atoms with van der Waals surface area (Å²) in [6.45, 7) is 5.17. The van der Waals surface area contributed by atoms with Gasteiger partial charge in [0.15, 0.2) is 5.82 Å². The van der Waals surface area contributed by atoms with Crippen molar-refractivity contribution in [3.05, 3.63) is 33.3 Å². The standard InChI is InChI=1S/C16H19IN4/c1-3-7-19-16-13(17)14(11-4-5-11)20-15(21-16)12-9-18-8-6-10(12)2/h6,8-9,11H,3-5,7H2,1-2H3,(H,19,20,21). The number of nitrogens with one attached hydrogen (secondary N) is 1. The molecule has 0 radical (unpaired) electrons. The number of pyridine rings is 1. The largest absolute Gasteiger partial charge is 0.369 e. The molecule has 2 aromatic rings. The lowest BCUT2D eigenvalue weighted by molar-refractivity contribution is 0.937. The summed E-state index contributed by atoms with van der Waals surface area (Å²) >= 11 is 2.38. The summed E-state index contributed by atoms with van der Waals surface area (Å²) in [7, 11) is 0. The topological polar surface area (TPSA) is 50.7 Å². The van der Waals surface area contributed by atoms with Gasteiger partial charge in [0.05, 0.1) is 9.26 Å². The third-order valence-electron chi connectivity index (χ3n) is 3.66. The van der Waals surface area contributed by atoms with E-state index in [-0.39, 0.29) is 0 Å². The Balaban J connectivity index is 2.08. The molecule has 1 fully saturated rings. The normalized spacial score (nSPS) is 14.2. The molecule has 2 heterocycles. The number of halogens is 1. The Morgan fingerprint density at radius 3 is 2.81 bits per heavy atom. The van der Waals surface area contributed by atoms with Gasteiger partial charge in [-0.1, -0.05) is 6.92 Å². The predicted molar refractivity (Wildman–Crippen MR) is 93.5 cm³/mol. The maximum Gasteiger partial charge on any atom is 0.163 e. The van der Waals surface area contributed by atoms with E-state index < -0.39 is 0 Å². The maximum atomic E-state index is 4.84. The number of aryl methyl sites for hydroxylation is 1. The summed E-state index contributed by atoms with van der Waals surface area (Å²) in [6, 6.07) is 2.01. The second kappa shape index (κ2) is 6.25. The molecule has 0 bridgehead atoms. The van der Waals surface area contributed by atoms with Crippen molar-refractivity contribution >= 4 is 28.4 Å². The quantitative estimate of drug-likeness (QED) is 0.775. The summed E-state index contributed by atoms with van der Waals surface area (Å²) in [5, 5.41) is 3.44. The molecule has 1 saturated carbocycles. The van der Waals surface area contributed by atoms with E-state index in [9.17, 15) is 0 Å². The molecule has 0 aliphatic heterocycles. The number of hydrogen-bond acceptors (Lipinski definition) is 4. The van der Waals surface area contributed by atoms with Gasteiger partial charge in [-0.2, -0.15) is 0 Å². The van der Waals surface area contributed by atoms with Crippen LogP contribution < -0.4 is 5.32 Å². The van der Waals surface area contributed by atoms with Gasteiger partial charge in [-0.15, -0.1) is 0 Å². The molecule has 0 aromatic carbocycles. The Morgan fingerprint density at radius 1 is 1.33 bits per heavy atom. The molecule has 0 spiro atoms. The minimum Gasteiger partial charge on any atom is -0.369 e. The van der Waals surface area contributed by atoms with E-state index in [2.05, 4.69) is 46.7 Å². The van der Waals surface area contributed by atoms with Gasteiger partial charge in [-0.3, -0.25) is 4.98 Å². The molecule has 110 valence electrons. The van der Waals surface area contributed by atoms with Gasteiger partial charge < -0.3 is 5.32 Å².